The van der Waals surface area contributed by atoms with Gasteiger partial charge in [-0.2, -0.15) is 0 Å². The van der Waals surface area contributed by atoms with Crippen LogP contribution in [0.2, 0.25) is 0 Å². The minimum absolute atomic E-state index is 0.121. The average Bonchev–Trinajstić information content (AvgIpc) is 2.75. The lowest BCUT2D eigenvalue weighted by Crippen LogP contribution is -2.51. The number of amides is 2. The molecule has 14 heavy (non-hydrogen) atoms. The normalized spacial score (nSPS) is 31.1. The Morgan fingerprint density at radius 2 is 2.14 bits per heavy atom. The van der Waals surface area contributed by atoms with Gasteiger partial charge in [0.25, 0.3) is 0 Å². The number of likely N-dealkylation sites (tertiary alicyclic amines) is 2. The summed E-state index contributed by atoms with van der Waals surface area (Å²) in [5, 5.41) is 2.87. The third kappa shape index (κ3) is 1.47. The Morgan fingerprint density at radius 1 is 1.36 bits per heavy atom. The SMILES string of the molecule is CCNC(=O)N1C[C@@H]2C[C@H]1CN2CC. The molecule has 0 radical (unpaired) electrons. The zero-order valence-corrected chi connectivity index (χ0v) is 8.99. The van der Waals surface area contributed by atoms with Gasteiger partial charge in [0, 0.05) is 31.7 Å². The Labute approximate surface area is 85.2 Å². The second kappa shape index (κ2) is 3.77. The first kappa shape index (κ1) is 9.77. The molecular formula is C10H19N3O. The van der Waals surface area contributed by atoms with E-state index < -0.39 is 0 Å². The van der Waals surface area contributed by atoms with Gasteiger partial charge in [-0.1, -0.05) is 6.92 Å². The van der Waals surface area contributed by atoms with E-state index in [2.05, 4.69) is 17.1 Å². The van der Waals surface area contributed by atoms with Gasteiger partial charge < -0.3 is 10.2 Å². The van der Waals surface area contributed by atoms with Gasteiger partial charge in [0.1, 0.15) is 0 Å². The highest BCUT2D eigenvalue weighted by Crippen LogP contribution is 2.29. The minimum atomic E-state index is 0.121. The maximum Gasteiger partial charge on any atom is 0.317 e. The molecular weight excluding hydrogens is 178 g/mol. The second-order valence-electron chi connectivity index (χ2n) is 4.12. The highest BCUT2D eigenvalue weighted by Gasteiger charge is 2.44. The Hall–Kier alpha value is -0.770. The maximum absolute atomic E-state index is 11.6. The van der Waals surface area contributed by atoms with E-state index in [0.29, 0.717) is 12.1 Å². The monoisotopic (exact) mass is 197 g/mol. The van der Waals surface area contributed by atoms with Gasteiger partial charge in [-0.25, -0.2) is 4.79 Å². The van der Waals surface area contributed by atoms with E-state index in [4.69, 9.17) is 0 Å². The van der Waals surface area contributed by atoms with Crippen LogP contribution in [0.15, 0.2) is 0 Å². The van der Waals surface area contributed by atoms with Crippen LogP contribution in [0.25, 0.3) is 0 Å². The van der Waals surface area contributed by atoms with Crippen molar-refractivity contribution in [3.05, 3.63) is 0 Å². The van der Waals surface area contributed by atoms with Crippen molar-refractivity contribution in [1.82, 2.24) is 15.1 Å². The lowest BCUT2D eigenvalue weighted by molar-refractivity contribution is 0.140. The molecule has 2 saturated heterocycles. The van der Waals surface area contributed by atoms with Crippen LogP contribution < -0.4 is 5.32 Å². The Bertz CT molecular complexity index is 231. The number of nitrogens with one attached hydrogen (secondary N) is 1. The van der Waals surface area contributed by atoms with E-state index in [-0.39, 0.29) is 6.03 Å². The van der Waals surface area contributed by atoms with E-state index >= 15 is 0 Å². The van der Waals surface area contributed by atoms with Crippen molar-refractivity contribution >= 4 is 6.03 Å². The van der Waals surface area contributed by atoms with E-state index in [9.17, 15) is 4.79 Å². The first-order valence-corrected chi connectivity index (χ1v) is 5.54. The summed E-state index contributed by atoms with van der Waals surface area (Å²) in [5.74, 6) is 0. The molecule has 0 spiro atoms. The molecule has 2 amide bonds. The molecule has 2 aliphatic rings. The summed E-state index contributed by atoms with van der Waals surface area (Å²) in [6.45, 7) is 7.99. The molecule has 0 aromatic carbocycles. The van der Waals surface area contributed by atoms with Crippen LogP contribution in [0.5, 0.6) is 0 Å². The molecule has 0 aliphatic carbocycles. The van der Waals surface area contributed by atoms with Gasteiger partial charge >= 0.3 is 6.03 Å². The van der Waals surface area contributed by atoms with Gasteiger partial charge in [-0.3, -0.25) is 4.90 Å². The van der Waals surface area contributed by atoms with Crippen molar-refractivity contribution in [1.29, 1.82) is 0 Å². The highest BCUT2D eigenvalue weighted by atomic mass is 16.2. The molecule has 4 nitrogen and oxygen atoms in total. The third-order valence-electron chi connectivity index (χ3n) is 3.35. The van der Waals surface area contributed by atoms with Crippen LogP contribution in [0.4, 0.5) is 4.79 Å². The van der Waals surface area contributed by atoms with E-state index in [0.717, 1.165) is 26.2 Å². The van der Waals surface area contributed by atoms with Crippen molar-refractivity contribution < 1.29 is 4.79 Å². The summed E-state index contributed by atoms with van der Waals surface area (Å²) in [5.41, 5.74) is 0. The fraction of sp³-hybridized carbons (Fsp3) is 0.900. The van der Waals surface area contributed by atoms with Gasteiger partial charge in [-0.05, 0) is 19.9 Å². The molecule has 2 rings (SSSR count). The fourth-order valence-corrected chi connectivity index (χ4v) is 2.64. The van der Waals surface area contributed by atoms with Crippen molar-refractivity contribution in [2.24, 2.45) is 0 Å². The quantitative estimate of drug-likeness (QED) is 0.699. The minimum Gasteiger partial charge on any atom is -0.338 e. The molecule has 0 saturated carbocycles. The number of urea groups is 1. The van der Waals surface area contributed by atoms with E-state index in [1.165, 1.54) is 6.42 Å². The molecule has 80 valence electrons. The molecule has 2 bridgehead atoms. The summed E-state index contributed by atoms with van der Waals surface area (Å²) < 4.78 is 0. The lowest BCUT2D eigenvalue weighted by atomic mass is 10.2. The summed E-state index contributed by atoms with van der Waals surface area (Å²) in [4.78, 5) is 16.1. The van der Waals surface area contributed by atoms with Gasteiger partial charge in [0.15, 0.2) is 0 Å². The number of fused-ring (bicyclic) bond motifs is 2. The van der Waals surface area contributed by atoms with Crippen molar-refractivity contribution in [3.63, 3.8) is 0 Å². The smallest absolute Gasteiger partial charge is 0.317 e. The zero-order chi connectivity index (χ0) is 10.1. The van der Waals surface area contributed by atoms with Crippen LogP contribution in [0.1, 0.15) is 20.3 Å². The predicted molar refractivity (Wildman–Crippen MR) is 55.2 cm³/mol. The summed E-state index contributed by atoms with van der Waals surface area (Å²) in [7, 11) is 0. The number of piperazine rings is 1. The molecule has 2 fully saturated rings. The summed E-state index contributed by atoms with van der Waals surface area (Å²) in [6, 6.07) is 1.20. The number of hydrogen-bond donors (Lipinski definition) is 1. The number of hydrogen-bond acceptors (Lipinski definition) is 2. The van der Waals surface area contributed by atoms with Crippen LogP contribution >= 0.6 is 0 Å². The number of rotatable bonds is 2. The Morgan fingerprint density at radius 3 is 2.64 bits per heavy atom. The number of carbonyl (C=O) groups is 1. The van der Waals surface area contributed by atoms with Gasteiger partial charge in [0.2, 0.25) is 0 Å². The van der Waals surface area contributed by atoms with Gasteiger partial charge in [0.05, 0.1) is 0 Å². The Kier molecular flexibility index (Phi) is 2.63. The Balaban J connectivity index is 1.93. The summed E-state index contributed by atoms with van der Waals surface area (Å²) in [6.07, 6.45) is 1.17. The topological polar surface area (TPSA) is 35.6 Å². The second-order valence-corrected chi connectivity index (χ2v) is 4.12. The largest absolute Gasteiger partial charge is 0.338 e. The highest BCUT2D eigenvalue weighted by molar-refractivity contribution is 5.75. The van der Waals surface area contributed by atoms with Crippen LogP contribution in [0.3, 0.4) is 0 Å². The van der Waals surface area contributed by atoms with Crippen LogP contribution in [-0.2, 0) is 0 Å². The number of nitrogens with zero attached hydrogens (tertiary/aromatic N) is 2. The molecule has 2 heterocycles. The third-order valence-corrected chi connectivity index (χ3v) is 3.35. The number of likely N-dealkylation sites (N-methyl/N-ethyl adjacent to an activating group) is 1. The first-order valence-electron chi connectivity index (χ1n) is 5.54. The zero-order valence-electron chi connectivity index (χ0n) is 8.99. The average molecular weight is 197 g/mol. The maximum atomic E-state index is 11.6. The first-order chi connectivity index (χ1) is 6.76. The molecule has 0 aromatic rings. The van der Waals surface area contributed by atoms with Crippen LogP contribution in [-0.4, -0.2) is 54.1 Å². The molecule has 4 heteroatoms. The molecule has 0 unspecified atom stereocenters. The molecule has 0 aromatic heterocycles. The number of carbonyl (C=O) groups excluding carboxylic acids is 1. The predicted octanol–water partition coefficient (Wildman–Crippen LogP) is 0.494. The van der Waals surface area contributed by atoms with Crippen molar-refractivity contribution in [2.75, 3.05) is 26.2 Å². The standard InChI is InChI=1S/C10H19N3O/c1-3-11-10(14)13-7-8-5-9(13)6-12(8)4-2/h8-9H,3-7H2,1-2H3,(H,11,14)/t8-,9-/m0/s1. The molecule has 2 aliphatic heterocycles. The lowest BCUT2D eigenvalue weighted by Gasteiger charge is -2.33. The van der Waals surface area contributed by atoms with Crippen LogP contribution in [0, 0.1) is 0 Å². The van der Waals surface area contributed by atoms with E-state index in [1.54, 1.807) is 0 Å². The van der Waals surface area contributed by atoms with Gasteiger partial charge in [-0.15, -0.1) is 0 Å². The fourth-order valence-electron chi connectivity index (χ4n) is 2.64. The summed E-state index contributed by atoms with van der Waals surface area (Å²) >= 11 is 0. The van der Waals surface area contributed by atoms with E-state index in [1.807, 2.05) is 11.8 Å². The van der Waals surface area contributed by atoms with Crippen molar-refractivity contribution in [2.45, 2.75) is 32.4 Å². The van der Waals surface area contributed by atoms with Crippen molar-refractivity contribution in [3.8, 4) is 0 Å². The molecule has 2 atom stereocenters. The molecule has 1 N–H and O–H groups in total.